The van der Waals surface area contributed by atoms with Crippen LogP contribution in [0.4, 0.5) is 0 Å². The maximum atomic E-state index is 10.9. The molecule has 2 heterocycles. The van der Waals surface area contributed by atoms with Gasteiger partial charge in [-0.2, -0.15) is 0 Å². The first-order chi connectivity index (χ1) is 24.6. The minimum Gasteiger partial charge on any atom is -0.340 e. The van der Waals surface area contributed by atoms with Crippen LogP contribution in [0.5, 0.6) is 0 Å². The van der Waals surface area contributed by atoms with Gasteiger partial charge in [0.15, 0.2) is 0 Å². The van der Waals surface area contributed by atoms with E-state index in [9.17, 15) is 9.59 Å². The van der Waals surface area contributed by atoms with Crippen molar-refractivity contribution in [1.82, 2.24) is 9.13 Å². The Kier molecular flexibility index (Phi) is 9.70. The van der Waals surface area contributed by atoms with Crippen molar-refractivity contribution >= 4 is 56.2 Å². The summed E-state index contributed by atoms with van der Waals surface area (Å²) >= 11 is 0. The Balaban J connectivity index is 0.000000157. The molecule has 0 aliphatic heterocycles. The minimum absolute atomic E-state index is 0.709. The molecule has 4 heteroatoms. The molecular weight excluding hydrogens is 613 g/mol. The van der Waals surface area contributed by atoms with Crippen LogP contribution >= 0.6 is 0 Å². The molecule has 0 atom stereocenters. The van der Waals surface area contributed by atoms with Crippen molar-refractivity contribution in [3.05, 3.63) is 145 Å². The second kappa shape index (κ2) is 14.8. The molecule has 248 valence electrons. The molecule has 0 bridgehead atoms. The smallest absolute Gasteiger partial charge is 0.150 e. The molecular formula is C46H42N2O2. The highest BCUT2D eigenvalue weighted by molar-refractivity contribution is 6.10. The third-order valence-electron chi connectivity index (χ3n) is 9.78. The van der Waals surface area contributed by atoms with Gasteiger partial charge >= 0.3 is 0 Å². The van der Waals surface area contributed by atoms with Crippen molar-refractivity contribution in [2.45, 2.75) is 52.6 Å². The van der Waals surface area contributed by atoms with Crippen LogP contribution in [0.15, 0.2) is 133 Å². The van der Waals surface area contributed by atoms with E-state index < -0.39 is 0 Å². The van der Waals surface area contributed by atoms with Crippen molar-refractivity contribution in [3.63, 3.8) is 0 Å². The van der Waals surface area contributed by atoms with Crippen LogP contribution in [-0.2, 0) is 13.1 Å². The van der Waals surface area contributed by atoms with Crippen LogP contribution in [0.2, 0.25) is 0 Å². The molecule has 0 saturated heterocycles. The average molecular weight is 655 g/mol. The number of hydrogen-bond donors (Lipinski definition) is 0. The maximum Gasteiger partial charge on any atom is 0.150 e. The molecule has 0 radical (unpaired) electrons. The summed E-state index contributed by atoms with van der Waals surface area (Å²) in [6.45, 7) is 6.56. The van der Waals surface area contributed by atoms with Crippen LogP contribution in [-0.4, -0.2) is 21.7 Å². The molecule has 8 aromatic rings. The lowest BCUT2D eigenvalue weighted by Crippen LogP contribution is -1.96. The van der Waals surface area contributed by atoms with Gasteiger partial charge in [0.1, 0.15) is 12.6 Å². The Morgan fingerprint density at radius 1 is 0.420 bits per heavy atom. The van der Waals surface area contributed by atoms with Crippen LogP contribution in [0.1, 0.15) is 60.2 Å². The number of aryl methyl sites for hydroxylation is 2. The number of unbranched alkanes of at least 4 members (excludes halogenated alkanes) is 2. The van der Waals surface area contributed by atoms with Crippen molar-refractivity contribution < 1.29 is 9.59 Å². The maximum absolute atomic E-state index is 10.9. The number of fused-ring (bicyclic) bond motifs is 6. The summed E-state index contributed by atoms with van der Waals surface area (Å²) in [4.78, 5) is 21.7. The molecule has 0 fully saturated rings. The zero-order chi connectivity index (χ0) is 34.5. The van der Waals surface area contributed by atoms with Gasteiger partial charge in [-0.1, -0.05) is 124 Å². The van der Waals surface area contributed by atoms with E-state index in [4.69, 9.17) is 0 Å². The molecule has 0 N–H and O–H groups in total. The quantitative estimate of drug-likeness (QED) is 0.138. The van der Waals surface area contributed by atoms with Gasteiger partial charge in [0.05, 0.1) is 0 Å². The van der Waals surface area contributed by atoms with Crippen LogP contribution in [0.25, 0.3) is 65.9 Å². The summed E-state index contributed by atoms with van der Waals surface area (Å²) in [5.41, 5.74) is 11.3. The number of aldehydes is 2. The first-order valence-corrected chi connectivity index (χ1v) is 17.8. The minimum atomic E-state index is 0.709. The lowest BCUT2D eigenvalue weighted by Gasteiger charge is -2.07. The monoisotopic (exact) mass is 654 g/mol. The fraction of sp³-hybridized carbons (Fsp3) is 0.174. The van der Waals surface area contributed by atoms with Gasteiger partial charge in [-0.25, -0.2) is 0 Å². The van der Waals surface area contributed by atoms with E-state index in [2.05, 4.69) is 108 Å². The van der Waals surface area contributed by atoms with E-state index in [1.165, 1.54) is 80.4 Å². The van der Waals surface area contributed by atoms with Crippen LogP contribution in [0, 0.1) is 0 Å². The topological polar surface area (TPSA) is 44.0 Å². The third-order valence-corrected chi connectivity index (χ3v) is 9.78. The van der Waals surface area contributed by atoms with Gasteiger partial charge in [-0.3, -0.25) is 9.59 Å². The highest BCUT2D eigenvalue weighted by Gasteiger charge is 2.13. The highest BCUT2D eigenvalue weighted by Crippen LogP contribution is 2.34. The van der Waals surface area contributed by atoms with Gasteiger partial charge in [-0.15, -0.1) is 0 Å². The predicted octanol–water partition coefficient (Wildman–Crippen LogP) is 12.1. The number of benzene rings is 6. The summed E-state index contributed by atoms with van der Waals surface area (Å²) in [5, 5.41) is 5.20. The first-order valence-electron chi connectivity index (χ1n) is 17.8. The standard InChI is InChI=1S/2C23H21NO/c2*1-2-3-14-24-22-7-5-4-6-20(22)21-15-19(12-13-23(21)24)18-10-8-17(16-25)9-11-18/h2*4-13,15-16H,2-3,14H2,1H3. The number of rotatable bonds is 10. The largest absolute Gasteiger partial charge is 0.340 e. The lowest BCUT2D eigenvalue weighted by molar-refractivity contribution is 0.111. The second-order valence-corrected chi connectivity index (χ2v) is 13.0. The number of nitrogens with zero attached hydrogens (tertiary/aromatic N) is 2. The summed E-state index contributed by atoms with van der Waals surface area (Å²) in [6, 6.07) is 46.2. The number of carbonyl (C=O) groups excluding carboxylic acids is 2. The Bertz CT molecular complexity index is 2260. The van der Waals surface area contributed by atoms with Crippen molar-refractivity contribution in [3.8, 4) is 22.3 Å². The summed E-state index contributed by atoms with van der Waals surface area (Å²) in [7, 11) is 0. The number of para-hydroxylation sites is 2. The van der Waals surface area contributed by atoms with Crippen LogP contribution in [0.3, 0.4) is 0 Å². The van der Waals surface area contributed by atoms with Gasteiger partial charge in [-0.05, 0) is 71.5 Å². The van der Waals surface area contributed by atoms with Crippen molar-refractivity contribution in [2.75, 3.05) is 0 Å². The van der Waals surface area contributed by atoms with E-state index in [1.54, 1.807) is 0 Å². The summed E-state index contributed by atoms with van der Waals surface area (Å²) in [5.74, 6) is 0. The summed E-state index contributed by atoms with van der Waals surface area (Å²) < 4.78 is 4.88. The molecule has 6 aromatic carbocycles. The zero-order valence-corrected chi connectivity index (χ0v) is 28.8. The van der Waals surface area contributed by atoms with Crippen molar-refractivity contribution in [1.29, 1.82) is 0 Å². The predicted molar refractivity (Wildman–Crippen MR) is 210 cm³/mol. The molecule has 0 unspecified atom stereocenters. The van der Waals surface area contributed by atoms with Gasteiger partial charge in [0.25, 0.3) is 0 Å². The highest BCUT2D eigenvalue weighted by atomic mass is 16.1. The van der Waals surface area contributed by atoms with E-state index in [1.807, 2.05) is 48.5 Å². The molecule has 2 aromatic heterocycles. The molecule has 0 aliphatic carbocycles. The molecule has 0 aliphatic rings. The Hall–Kier alpha value is -5.74. The average Bonchev–Trinajstić information content (AvgIpc) is 3.67. The zero-order valence-electron chi connectivity index (χ0n) is 28.8. The van der Waals surface area contributed by atoms with E-state index in [0.29, 0.717) is 11.1 Å². The van der Waals surface area contributed by atoms with Crippen LogP contribution < -0.4 is 0 Å². The normalized spacial score (nSPS) is 11.2. The third kappa shape index (κ3) is 6.37. The Labute approximate surface area is 293 Å². The molecule has 4 nitrogen and oxygen atoms in total. The molecule has 50 heavy (non-hydrogen) atoms. The fourth-order valence-corrected chi connectivity index (χ4v) is 7.09. The first kappa shape index (κ1) is 32.8. The van der Waals surface area contributed by atoms with Gasteiger partial charge in [0.2, 0.25) is 0 Å². The molecule has 8 rings (SSSR count). The Morgan fingerprint density at radius 3 is 1.16 bits per heavy atom. The molecule has 0 saturated carbocycles. The fourth-order valence-electron chi connectivity index (χ4n) is 7.09. The second-order valence-electron chi connectivity index (χ2n) is 13.0. The molecule has 0 amide bonds. The van der Waals surface area contributed by atoms with E-state index >= 15 is 0 Å². The number of carbonyl (C=O) groups is 2. The lowest BCUT2D eigenvalue weighted by atomic mass is 10.0. The summed E-state index contributed by atoms with van der Waals surface area (Å²) in [6.07, 6.45) is 6.51. The Morgan fingerprint density at radius 2 is 0.780 bits per heavy atom. The van der Waals surface area contributed by atoms with Crippen molar-refractivity contribution in [2.24, 2.45) is 0 Å². The number of hydrogen-bond acceptors (Lipinski definition) is 2. The van der Waals surface area contributed by atoms with E-state index in [-0.39, 0.29) is 0 Å². The van der Waals surface area contributed by atoms with Gasteiger partial charge in [0, 0.05) is 67.8 Å². The van der Waals surface area contributed by atoms with Gasteiger partial charge < -0.3 is 9.13 Å². The number of aromatic nitrogens is 2. The SMILES string of the molecule is CCCCn1c2ccccc2c2cc(-c3ccc(C=O)cc3)ccc21.CCCCn1c2ccccc2c2cc(-c3ccc(C=O)cc3)ccc21. The molecule has 0 spiro atoms. The van der Waals surface area contributed by atoms with E-state index in [0.717, 1.165) is 36.8 Å².